The predicted octanol–water partition coefficient (Wildman–Crippen LogP) is 0.412. The predicted molar refractivity (Wildman–Crippen MR) is 50.0 cm³/mol. The fourth-order valence-corrected chi connectivity index (χ4v) is 1.52. The number of rotatable bonds is 1. The van der Waals surface area contributed by atoms with Crippen LogP contribution in [0.2, 0.25) is 0 Å². The number of imide groups is 1. The first-order valence-corrected chi connectivity index (χ1v) is 4.88. The van der Waals surface area contributed by atoms with Gasteiger partial charge >= 0.3 is 16.9 Å². The van der Waals surface area contributed by atoms with Gasteiger partial charge in [-0.25, -0.2) is 0 Å². The number of thioether (sulfide) groups is 1. The fourth-order valence-electron chi connectivity index (χ4n) is 1.01. The third-order valence-corrected chi connectivity index (χ3v) is 2.16. The van der Waals surface area contributed by atoms with Crippen molar-refractivity contribution in [1.29, 1.82) is 0 Å². The van der Waals surface area contributed by atoms with Crippen LogP contribution in [0.5, 0.6) is 0 Å². The maximum absolute atomic E-state index is 11.1. The second-order valence-corrected chi connectivity index (χ2v) is 4.11. The van der Waals surface area contributed by atoms with Crippen molar-refractivity contribution in [2.24, 2.45) is 0 Å². The summed E-state index contributed by atoms with van der Waals surface area (Å²) in [5.74, 6) is -0.725. The Morgan fingerprint density at radius 1 is 1.29 bits per heavy atom. The van der Waals surface area contributed by atoms with Gasteiger partial charge in [0, 0.05) is 19.8 Å². The first-order chi connectivity index (χ1) is 6.50. The zero-order valence-corrected chi connectivity index (χ0v) is 8.72. The molecule has 1 heterocycles. The van der Waals surface area contributed by atoms with Gasteiger partial charge in [-0.05, 0) is 0 Å². The minimum absolute atomic E-state index is 0.151. The van der Waals surface area contributed by atoms with Gasteiger partial charge in [0.15, 0.2) is 5.12 Å². The lowest BCUT2D eigenvalue weighted by Gasteiger charge is -1.92. The highest BCUT2D eigenvalue weighted by atomic mass is 32.2. The van der Waals surface area contributed by atoms with Crippen molar-refractivity contribution in [3.8, 4) is 0 Å². The molecular weight excluding hydrogens is 206 g/mol. The van der Waals surface area contributed by atoms with Crippen molar-refractivity contribution in [3.05, 3.63) is 0 Å². The van der Waals surface area contributed by atoms with Gasteiger partial charge in [0.1, 0.15) is 0 Å². The summed E-state index contributed by atoms with van der Waals surface area (Å²) in [6.45, 7) is 2.91. The normalized spacial score (nSPS) is 17.9. The Balaban J connectivity index is 2.70. The molecule has 0 bridgehead atoms. The second-order valence-electron chi connectivity index (χ2n) is 2.76. The van der Waals surface area contributed by atoms with Crippen LogP contribution in [0.25, 0.3) is 0 Å². The molecule has 0 atom stereocenters. The Hall–Kier alpha value is -1.17. The molecule has 1 fully saturated rings. The maximum atomic E-state index is 11.1. The molecule has 0 radical (unpaired) electrons. The van der Waals surface area contributed by atoms with E-state index < -0.39 is 0 Å². The average molecular weight is 216 g/mol. The Morgan fingerprint density at radius 2 is 1.79 bits per heavy atom. The summed E-state index contributed by atoms with van der Waals surface area (Å²) in [5.41, 5.74) is 0. The molecule has 1 saturated heterocycles. The molecule has 2 amide bonds. The van der Waals surface area contributed by atoms with Gasteiger partial charge < -0.3 is 0 Å². The molecule has 0 spiro atoms. The first kappa shape index (κ1) is 10.9. The van der Waals surface area contributed by atoms with Crippen molar-refractivity contribution < 1.29 is 18.9 Å². The van der Waals surface area contributed by atoms with Crippen LogP contribution in [0.3, 0.4) is 0 Å². The fraction of sp³-hybridized carbons (Fsp3) is 0.500. The van der Waals surface area contributed by atoms with Crippen LogP contribution < -0.4 is 0 Å². The quantitative estimate of drug-likeness (QED) is 0.470. The maximum Gasteiger partial charge on any atom is 0.412 e. The van der Waals surface area contributed by atoms with Gasteiger partial charge in [0.05, 0.1) is 23.7 Å². The Kier molecular flexibility index (Phi) is 3.40. The number of carbonyl (C=O) groups is 3. The van der Waals surface area contributed by atoms with Crippen molar-refractivity contribution >= 4 is 33.8 Å². The molecule has 14 heavy (non-hydrogen) atoms. The van der Waals surface area contributed by atoms with Crippen molar-refractivity contribution in [3.63, 3.8) is 0 Å². The number of nitrogens with zero attached hydrogens (tertiary/aromatic N) is 1. The van der Waals surface area contributed by atoms with E-state index in [0.29, 0.717) is 5.06 Å². The van der Waals surface area contributed by atoms with Crippen LogP contribution in [-0.2, 0) is 18.9 Å². The van der Waals surface area contributed by atoms with E-state index in [1.54, 1.807) is 0 Å². The molecule has 76 valence electrons. The first-order valence-electron chi connectivity index (χ1n) is 4.06. The minimum atomic E-state index is -0.362. The molecule has 5 nitrogen and oxygen atoms in total. The zero-order valence-electron chi connectivity index (χ0n) is 7.90. The third kappa shape index (κ3) is 2.66. The summed E-state index contributed by atoms with van der Waals surface area (Å²) >= 11 is 0.855. The minimum Gasteiger partial charge on any atom is -0.287 e. The number of hydroxylamine groups is 2. The molecule has 6 heteroatoms. The molecule has 0 N–H and O–H groups in total. The number of hydrogen-bond acceptors (Lipinski definition) is 4. The largest absolute Gasteiger partial charge is 0.412 e. The van der Waals surface area contributed by atoms with Gasteiger partial charge in [-0.15, -0.1) is 0 Å². The van der Waals surface area contributed by atoms with Gasteiger partial charge in [0.25, 0.3) is 0 Å². The lowest BCUT2D eigenvalue weighted by Crippen LogP contribution is -2.27. The molecular formula is C8H10NO4S+. The lowest BCUT2D eigenvalue weighted by atomic mass is 10.4. The van der Waals surface area contributed by atoms with Crippen molar-refractivity contribution in [2.75, 3.05) is 0 Å². The van der Waals surface area contributed by atoms with E-state index in [-0.39, 0.29) is 34.9 Å². The third-order valence-electron chi connectivity index (χ3n) is 1.51. The number of amides is 2. The average Bonchev–Trinajstić information content (AvgIpc) is 2.34. The molecule has 0 aliphatic carbocycles. The van der Waals surface area contributed by atoms with Gasteiger partial charge in [-0.3, -0.25) is 14.4 Å². The lowest BCUT2D eigenvalue weighted by molar-refractivity contribution is -0.598. The van der Waals surface area contributed by atoms with Crippen LogP contribution in [0, 0.1) is 0 Å². The molecule has 1 aliphatic heterocycles. The molecule has 0 aromatic rings. The molecule has 0 unspecified atom stereocenters. The SMILES string of the molecule is CC(=O)SC(C)=[O+]N1C(=O)CCC1=O. The standard InChI is InChI=1S/C8H10NO4S/c1-5(10)14-6(2)13-9-7(11)3-4-8(9)12/h3-4H2,1-2H3/q+1. The smallest absolute Gasteiger partial charge is 0.287 e. The Labute approximate surface area is 85.1 Å². The summed E-state index contributed by atoms with van der Waals surface area (Å²) in [6.07, 6.45) is 0.355. The highest BCUT2D eigenvalue weighted by molar-refractivity contribution is 8.26. The van der Waals surface area contributed by atoms with E-state index in [1.165, 1.54) is 13.8 Å². The van der Waals surface area contributed by atoms with E-state index in [4.69, 9.17) is 4.53 Å². The van der Waals surface area contributed by atoms with E-state index in [0.717, 1.165) is 11.8 Å². The number of carbonyl (C=O) groups excluding carboxylic acids is 4. The van der Waals surface area contributed by atoms with Gasteiger partial charge in [-0.2, -0.15) is 0 Å². The molecule has 0 aromatic carbocycles. The number of hydrogen-bond donors (Lipinski definition) is 0. The van der Waals surface area contributed by atoms with Crippen molar-refractivity contribution in [2.45, 2.75) is 26.7 Å². The Bertz CT molecular complexity index is 307. The van der Waals surface area contributed by atoms with Gasteiger partial charge in [0.2, 0.25) is 0 Å². The van der Waals surface area contributed by atoms with E-state index in [9.17, 15) is 14.4 Å². The van der Waals surface area contributed by atoms with Crippen LogP contribution in [0.15, 0.2) is 0 Å². The van der Waals surface area contributed by atoms with E-state index in [2.05, 4.69) is 0 Å². The molecule has 0 aromatic heterocycles. The topological polar surface area (TPSA) is 65.8 Å². The molecule has 1 rings (SSSR count). The van der Waals surface area contributed by atoms with Crippen LogP contribution in [0.1, 0.15) is 26.7 Å². The van der Waals surface area contributed by atoms with Gasteiger partial charge in [-0.1, -0.05) is 4.53 Å². The second kappa shape index (κ2) is 4.36. The zero-order chi connectivity index (χ0) is 10.7. The molecule has 1 aliphatic rings. The highest BCUT2D eigenvalue weighted by Crippen LogP contribution is 2.11. The van der Waals surface area contributed by atoms with Crippen LogP contribution in [0.4, 0.5) is 0 Å². The summed E-state index contributed by atoms with van der Waals surface area (Å²) < 4.78 is 4.94. The molecule has 0 saturated carbocycles. The van der Waals surface area contributed by atoms with E-state index >= 15 is 0 Å². The summed E-state index contributed by atoms with van der Waals surface area (Å²) in [6, 6.07) is 0. The Morgan fingerprint density at radius 3 is 2.21 bits per heavy atom. The van der Waals surface area contributed by atoms with Crippen LogP contribution >= 0.6 is 11.8 Å². The van der Waals surface area contributed by atoms with Crippen LogP contribution in [-0.4, -0.2) is 27.1 Å². The summed E-state index contributed by atoms with van der Waals surface area (Å²) in [4.78, 5) is 32.8. The summed E-state index contributed by atoms with van der Waals surface area (Å²) in [5, 5.41) is 0.841. The van der Waals surface area contributed by atoms with Crippen molar-refractivity contribution in [1.82, 2.24) is 5.06 Å². The summed E-state index contributed by atoms with van der Waals surface area (Å²) in [7, 11) is 0. The monoisotopic (exact) mass is 216 g/mol. The van der Waals surface area contributed by atoms with E-state index in [1.807, 2.05) is 0 Å². The highest BCUT2D eigenvalue weighted by Gasteiger charge is 2.39.